The molecule has 0 radical (unpaired) electrons. The standard InChI is InChI=1S/C7H13NO3/c1-4(2)11-7-5(9)3-6(10)8-7/h4-5,7,9H,3H2,1-2H3,(H,8,10)/t5-,7?/m0/s1. The summed E-state index contributed by atoms with van der Waals surface area (Å²) < 4.78 is 5.21. The van der Waals surface area contributed by atoms with Gasteiger partial charge in [0.25, 0.3) is 0 Å². The molecule has 4 nitrogen and oxygen atoms in total. The number of aliphatic hydroxyl groups excluding tert-OH is 1. The Hall–Kier alpha value is -0.610. The summed E-state index contributed by atoms with van der Waals surface area (Å²) in [7, 11) is 0. The highest BCUT2D eigenvalue weighted by Gasteiger charge is 2.31. The molecule has 1 amide bonds. The van der Waals surface area contributed by atoms with Crippen LogP contribution in [0.3, 0.4) is 0 Å². The monoisotopic (exact) mass is 159 g/mol. The Labute approximate surface area is 65.5 Å². The van der Waals surface area contributed by atoms with Crippen LogP contribution in [0.5, 0.6) is 0 Å². The van der Waals surface area contributed by atoms with Crippen molar-refractivity contribution in [3.8, 4) is 0 Å². The second-order valence-corrected chi connectivity index (χ2v) is 2.94. The second-order valence-electron chi connectivity index (χ2n) is 2.94. The van der Waals surface area contributed by atoms with E-state index in [2.05, 4.69) is 5.32 Å². The van der Waals surface area contributed by atoms with Crippen molar-refractivity contribution in [3.05, 3.63) is 0 Å². The lowest BCUT2D eigenvalue weighted by molar-refractivity contribution is -0.121. The molecule has 0 aromatic rings. The van der Waals surface area contributed by atoms with Gasteiger partial charge in [-0.3, -0.25) is 4.79 Å². The smallest absolute Gasteiger partial charge is 0.224 e. The molecule has 0 spiro atoms. The van der Waals surface area contributed by atoms with E-state index in [0.29, 0.717) is 0 Å². The third-order valence-electron chi connectivity index (χ3n) is 1.47. The van der Waals surface area contributed by atoms with Crippen molar-refractivity contribution < 1.29 is 14.6 Å². The number of ether oxygens (including phenoxy) is 1. The minimum absolute atomic E-state index is 0.0213. The lowest BCUT2D eigenvalue weighted by Crippen LogP contribution is -2.36. The third kappa shape index (κ3) is 2.17. The summed E-state index contributed by atoms with van der Waals surface area (Å²) in [5.74, 6) is -0.150. The number of hydrogen-bond acceptors (Lipinski definition) is 3. The molecule has 0 aromatic carbocycles. The predicted octanol–water partition coefficient (Wildman–Crippen LogP) is -0.382. The Bertz CT molecular complexity index is 158. The van der Waals surface area contributed by atoms with Gasteiger partial charge >= 0.3 is 0 Å². The van der Waals surface area contributed by atoms with Crippen molar-refractivity contribution in [3.63, 3.8) is 0 Å². The second kappa shape index (κ2) is 3.19. The van der Waals surface area contributed by atoms with Crippen LogP contribution in [-0.4, -0.2) is 29.4 Å². The van der Waals surface area contributed by atoms with E-state index in [1.54, 1.807) is 0 Å². The molecule has 11 heavy (non-hydrogen) atoms. The maximum Gasteiger partial charge on any atom is 0.224 e. The minimum Gasteiger partial charge on any atom is -0.388 e. The molecule has 0 aliphatic carbocycles. The molecule has 2 atom stereocenters. The topological polar surface area (TPSA) is 58.6 Å². The molecule has 1 saturated heterocycles. The number of nitrogens with one attached hydrogen (secondary N) is 1. The predicted molar refractivity (Wildman–Crippen MR) is 38.8 cm³/mol. The summed E-state index contributed by atoms with van der Waals surface area (Å²) in [6, 6.07) is 0. The van der Waals surface area contributed by atoms with Crippen LogP contribution in [0.2, 0.25) is 0 Å². The Morgan fingerprint density at radius 1 is 1.73 bits per heavy atom. The maximum atomic E-state index is 10.7. The summed E-state index contributed by atoms with van der Waals surface area (Å²) in [6.45, 7) is 3.72. The van der Waals surface area contributed by atoms with Gasteiger partial charge in [-0.05, 0) is 13.8 Å². The molecule has 4 heteroatoms. The van der Waals surface area contributed by atoms with Gasteiger partial charge in [0, 0.05) is 0 Å². The van der Waals surface area contributed by atoms with Crippen molar-refractivity contribution in [2.75, 3.05) is 0 Å². The van der Waals surface area contributed by atoms with Crippen LogP contribution >= 0.6 is 0 Å². The summed E-state index contributed by atoms with van der Waals surface area (Å²) in [4.78, 5) is 10.7. The van der Waals surface area contributed by atoms with Gasteiger partial charge in [0.2, 0.25) is 5.91 Å². The Balaban J connectivity index is 2.40. The normalized spacial score (nSPS) is 31.1. The lowest BCUT2D eigenvalue weighted by atomic mass is 10.3. The molecule has 1 unspecified atom stereocenters. The number of amides is 1. The summed E-state index contributed by atoms with van der Waals surface area (Å²) in [6.07, 6.45) is -1.03. The minimum atomic E-state index is -0.690. The Morgan fingerprint density at radius 3 is 2.73 bits per heavy atom. The first-order valence-corrected chi connectivity index (χ1v) is 3.72. The Morgan fingerprint density at radius 2 is 2.36 bits per heavy atom. The van der Waals surface area contributed by atoms with Crippen molar-refractivity contribution in [2.45, 2.75) is 38.7 Å². The van der Waals surface area contributed by atoms with Gasteiger partial charge in [-0.1, -0.05) is 0 Å². The molecular weight excluding hydrogens is 146 g/mol. The third-order valence-corrected chi connectivity index (χ3v) is 1.47. The highest BCUT2D eigenvalue weighted by Crippen LogP contribution is 2.10. The average molecular weight is 159 g/mol. The zero-order valence-corrected chi connectivity index (χ0v) is 6.70. The molecule has 1 aliphatic heterocycles. The quantitative estimate of drug-likeness (QED) is 0.577. The summed E-state index contributed by atoms with van der Waals surface area (Å²) in [5, 5.41) is 11.7. The van der Waals surface area contributed by atoms with E-state index in [1.165, 1.54) is 0 Å². The molecule has 1 rings (SSSR count). The van der Waals surface area contributed by atoms with Crippen LogP contribution in [0.4, 0.5) is 0 Å². The van der Waals surface area contributed by atoms with Crippen LogP contribution in [0.1, 0.15) is 20.3 Å². The molecule has 0 bridgehead atoms. The van der Waals surface area contributed by atoms with Crippen molar-refractivity contribution in [1.29, 1.82) is 0 Å². The first kappa shape index (κ1) is 8.49. The van der Waals surface area contributed by atoms with Gasteiger partial charge in [-0.25, -0.2) is 0 Å². The van der Waals surface area contributed by atoms with Gasteiger partial charge in [-0.2, -0.15) is 0 Å². The van der Waals surface area contributed by atoms with Gasteiger partial charge in [-0.15, -0.1) is 0 Å². The number of rotatable bonds is 2. The molecule has 0 saturated carbocycles. The van der Waals surface area contributed by atoms with Crippen molar-refractivity contribution in [1.82, 2.24) is 5.32 Å². The van der Waals surface area contributed by atoms with Crippen LogP contribution in [0.25, 0.3) is 0 Å². The largest absolute Gasteiger partial charge is 0.388 e. The van der Waals surface area contributed by atoms with E-state index in [0.717, 1.165) is 0 Å². The number of aliphatic hydroxyl groups is 1. The molecule has 1 aliphatic rings. The highest BCUT2D eigenvalue weighted by atomic mass is 16.5. The molecular formula is C7H13NO3. The maximum absolute atomic E-state index is 10.7. The zero-order valence-electron chi connectivity index (χ0n) is 6.70. The number of carbonyl (C=O) groups is 1. The van der Waals surface area contributed by atoms with Crippen molar-refractivity contribution in [2.24, 2.45) is 0 Å². The van der Waals surface area contributed by atoms with Gasteiger partial charge in [0.15, 0.2) is 6.23 Å². The van der Waals surface area contributed by atoms with Crippen LogP contribution in [0.15, 0.2) is 0 Å². The van der Waals surface area contributed by atoms with Gasteiger partial charge < -0.3 is 15.2 Å². The summed E-state index contributed by atoms with van der Waals surface area (Å²) in [5.41, 5.74) is 0. The molecule has 1 heterocycles. The fourth-order valence-electron chi connectivity index (χ4n) is 1.03. The van der Waals surface area contributed by atoms with Crippen LogP contribution < -0.4 is 5.32 Å². The summed E-state index contributed by atoms with van der Waals surface area (Å²) >= 11 is 0. The first-order chi connectivity index (χ1) is 5.09. The highest BCUT2D eigenvalue weighted by molar-refractivity contribution is 5.79. The molecule has 2 N–H and O–H groups in total. The molecule has 0 aromatic heterocycles. The zero-order chi connectivity index (χ0) is 8.43. The average Bonchev–Trinajstić information content (AvgIpc) is 2.09. The first-order valence-electron chi connectivity index (χ1n) is 3.72. The van der Waals surface area contributed by atoms with Crippen molar-refractivity contribution >= 4 is 5.91 Å². The van der Waals surface area contributed by atoms with E-state index in [-0.39, 0.29) is 18.4 Å². The lowest BCUT2D eigenvalue weighted by Gasteiger charge is -2.17. The van der Waals surface area contributed by atoms with Crippen LogP contribution in [-0.2, 0) is 9.53 Å². The SMILES string of the molecule is CC(C)OC1NC(=O)C[C@@H]1O. The number of hydrogen-bond donors (Lipinski definition) is 2. The van der Waals surface area contributed by atoms with E-state index in [4.69, 9.17) is 4.74 Å². The van der Waals surface area contributed by atoms with E-state index in [9.17, 15) is 9.90 Å². The van der Waals surface area contributed by atoms with Crippen LogP contribution in [0, 0.1) is 0 Å². The van der Waals surface area contributed by atoms with E-state index >= 15 is 0 Å². The Kier molecular flexibility index (Phi) is 2.46. The molecule has 1 fully saturated rings. The van der Waals surface area contributed by atoms with E-state index in [1.807, 2.05) is 13.8 Å². The van der Waals surface area contributed by atoms with Gasteiger partial charge in [0.1, 0.15) is 6.10 Å². The van der Waals surface area contributed by atoms with E-state index < -0.39 is 12.3 Å². The fourth-order valence-corrected chi connectivity index (χ4v) is 1.03. The number of carbonyl (C=O) groups excluding carboxylic acids is 1. The van der Waals surface area contributed by atoms with Gasteiger partial charge in [0.05, 0.1) is 12.5 Å². The fraction of sp³-hybridized carbons (Fsp3) is 0.857. The molecule has 64 valence electrons.